The number of Topliss-reactive ketones (excluding diaryl/α,β-unsaturated/α-hetero) is 1. The minimum atomic E-state index is -0.410. The predicted molar refractivity (Wildman–Crippen MR) is 98.9 cm³/mol. The van der Waals surface area contributed by atoms with Gasteiger partial charge in [0, 0.05) is 0 Å². The Bertz CT molecular complexity index is 523. The molecule has 0 saturated heterocycles. The molecule has 2 unspecified atom stereocenters. The van der Waals surface area contributed by atoms with Gasteiger partial charge in [0.25, 0.3) is 0 Å². The third-order valence-corrected chi connectivity index (χ3v) is 4.27. The van der Waals surface area contributed by atoms with Crippen molar-refractivity contribution in [1.82, 2.24) is 5.32 Å². The number of ketones is 1. The molecule has 1 aromatic carbocycles. The summed E-state index contributed by atoms with van der Waals surface area (Å²) in [5, 5.41) is 2.89. The Kier molecular flexibility index (Phi) is 8.69. The van der Waals surface area contributed by atoms with Crippen molar-refractivity contribution in [2.75, 3.05) is 6.54 Å². The van der Waals surface area contributed by atoms with Crippen LogP contribution in [-0.2, 0) is 16.0 Å². The molecular formula is C20H32N2O2. The Hall–Kier alpha value is -1.68. The average molecular weight is 332 g/mol. The van der Waals surface area contributed by atoms with Gasteiger partial charge in [-0.05, 0) is 63.1 Å². The second-order valence-corrected chi connectivity index (χ2v) is 7.02. The number of hydrogen-bond acceptors (Lipinski definition) is 3. The minimum absolute atomic E-state index is 0.000136. The molecule has 0 heterocycles. The molecule has 1 aromatic rings. The van der Waals surface area contributed by atoms with Crippen molar-refractivity contribution in [2.24, 2.45) is 11.7 Å². The van der Waals surface area contributed by atoms with Crippen molar-refractivity contribution >= 4 is 11.7 Å². The maximum absolute atomic E-state index is 12.5. The standard InChI is InChI=1S/C20H32N2O2/c1-14(2)13-17-8-10-18(11-9-17)15(3)20(24)22-19(16(4)23)7-5-6-12-21/h8-11,14-15,19H,5-7,12-13,21H2,1-4H3,(H,22,24). The zero-order chi connectivity index (χ0) is 18.1. The SMILES string of the molecule is CC(=O)C(CCCCN)NC(=O)C(C)c1ccc(CC(C)C)cc1. The van der Waals surface area contributed by atoms with Crippen LogP contribution < -0.4 is 11.1 Å². The van der Waals surface area contributed by atoms with Crippen LogP contribution in [0.4, 0.5) is 0 Å². The summed E-state index contributed by atoms with van der Waals surface area (Å²) in [6.45, 7) is 8.40. The van der Waals surface area contributed by atoms with Crippen LogP contribution in [0.15, 0.2) is 24.3 Å². The van der Waals surface area contributed by atoms with Crippen LogP contribution >= 0.6 is 0 Å². The smallest absolute Gasteiger partial charge is 0.227 e. The Morgan fingerprint density at radius 3 is 2.21 bits per heavy atom. The molecule has 0 bridgehead atoms. The quantitative estimate of drug-likeness (QED) is 0.646. The molecule has 0 aromatic heterocycles. The molecule has 134 valence electrons. The molecule has 24 heavy (non-hydrogen) atoms. The van der Waals surface area contributed by atoms with Gasteiger partial charge in [-0.15, -0.1) is 0 Å². The number of carbonyl (C=O) groups is 2. The summed E-state index contributed by atoms with van der Waals surface area (Å²) in [7, 11) is 0. The Labute approximate surface area is 146 Å². The molecule has 1 rings (SSSR count). The number of nitrogens with one attached hydrogen (secondary N) is 1. The van der Waals surface area contributed by atoms with Gasteiger partial charge in [0.2, 0.25) is 5.91 Å². The number of carbonyl (C=O) groups excluding carboxylic acids is 2. The number of amides is 1. The third-order valence-electron chi connectivity index (χ3n) is 4.27. The summed E-state index contributed by atoms with van der Waals surface area (Å²) >= 11 is 0. The van der Waals surface area contributed by atoms with E-state index in [4.69, 9.17) is 5.73 Å². The van der Waals surface area contributed by atoms with Crippen molar-refractivity contribution in [3.8, 4) is 0 Å². The lowest BCUT2D eigenvalue weighted by Gasteiger charge is -2.19. The van der Waals surface area contributed by atoms with E-state index in [0.29, 0.717) is 18.9 Å². The van der Waals surface area contributed by atoms with E-state index in [0.717, 1.165) is 24.8 Å². The third kappa shape index (κ3) is 6.83. The molecule has 1 amide bonds. The second kappa shape index (κ2) is 10.2. The van der Waals surface area contributed by atoms with Crippen LogP contribution in [0.3, 0.4) is 0 Å². The van der Waals surface area contributed by atoms with Crippen LogP contribution in [0.1, 0.15) is 64.0 Å². The van der Waals surface area contributed by atoms with Gasteiger partial charge < -0.3 is 11.1 Å². The maximum Gasteiger partial charge on any atom is 0.227 e. The monoisotopic (exact) mass is 332 g/mol. The van der Waals surface area contributed by atoms with E-state index in [1.807, 2.05) is 19.1 Å². The summed E-state index contributed by atoms with van der Waals surface area (Å²) in [5.41, 5.74) is 7.74. The van der Waals surface area contributed by atoms with Gasteiger partial charge in [0.15, 0.2) is 5.78 Å². The second-order valence-electron chi connectivity index (χ2n) is 7.02. The lowest BCUT2D eigenvalue weighted by molar-refractivity contribution is -0.127. The molecule has 0 aliphatic heterocycles. The number of nitrogens with two attached hydrogens (primary N) is 1. The van der Waals surface area contributed by atoms with Crippen LogP contribution in [0.2, 0.25) is 0 Å². The summed E-state index contributed by atoms with van der Waals surface area (Å²) < 4.78 is 0. The molecule has 0 saturated carbocycles. The molecular weight excluding hydrogens is 300 g/mol. The Balaban J connectivity index is 2.66. The van der Waals surface area contributed by atoms with Gasteiger partial charge in [0.1, 0.15) is 0 Å². The largest absolute Gasteiger partial charge is 0.346 e. The number of unbranched alkanes of at least 4 members (excludes halogenated alkanes) is 1. The highest BCUT2D eigenvalue weighted by atomic mass is 16.2. The van der Waals surface area contributed by atoms with Crippen LogP contribution in [0, 0.1) is 5.92 Å². The van der Waals surface area contributed by atoms with E-state index in [9.17, 15) is 9.59 Å². The highest BCUT2D eigenvalue weighted by molar-refractivity contribution is 5.90. The Morgan fingerprint density at radius 2 is 1.71 bits per heavy atom. The van der Waals surface area contributed by atoms with Gasteiger partial charge in [-0.1, -0.05) is 38.1 Å². The van der Waals surface area contributed by atoms with E-state index in [-0.39, 0.29) is 17.6 Å². The number of hydrogen-bond donors (Lipinski definition) is 2. The van der Waals surface area contributed by atoms with Crippen molar-refractivity contribution in [3.05, 3.63) is 35.4 Å². The number of benzene rings is 1. The molecule has 0 radical (unpaired) electrons. The molecule has 0 spiro atoms. The predicted octanol–water partition coefficient (Wildman–Crippen LogP) is 3.19. The first-order chi connectivity index (χ1) is 11.3. The summed E-state index contributed by atoms with van der Waals surface area (Å²) in [6.07, 6.45) is 3.40. The minimum Gasteiger partial charge on any atom is -0.346 e. The lowest BCUT2D eigenvalue weighted by atomic mass is 9.95. The zero-order valence-corrected chi connectivity index (χ0v) is 15.5. The van der Waals surface area contributed by atoms with E-state index in [2.05, 4.69) is 31.3 Å². The zero-order valence-electron chi connectivity index (χ0n) is 15.5. The van der Waals surface area contributed by atoms with E-state index >= 15 is 0 Å². The Morgan fingerprint density at radius 1 is 1.08 bits per heavy atom. The highest BCUT2D eigenvalue weighted by Gasteiger charge is 2.21. The van der Waals surface area contributed by atoms with Gasteiger partial charge in [-0.25, -0.2) is 0 Å². The summed E-state index contributed by atoms with van der Waals surface area (Å²) in [6, 6.07) is 7.79. The molecule has 0 aliphatic rings. The molecule has 4 heteroatoms. The van der Waals surface area contributed by atoms with Gasteiger partial charge >= 0.3 is 0 Å². The van der Waals surface area contributed by atoms with Crippen molar-refractivity contribution < 1.29 is 9.59 Å². The fraction of sp³-hybridized carbons (Fsp3) is 0.600. The van der Waals surface area contributed by atoms with Crippen LogP contribution in [0.25, 0.3) is 0 Å². The highest BCUT2D eigenvalue weighted by Crippen LogP contribution is 2.18. The van der Waals surface area contributed by atoms with Gasteiger partial charge in [0.05, 0.1) is 12.0 Å². The molecule has 2 atom stereocenters. The van der Waals surface area contributed by atoms with Crippen molar-refractivity contribution in [1.29, 1.82) is 0 Å². The average Bonchev–Trinajstić information content (AvgIpc) is 2.53. The molecule has 4 nitrogen and oxygen atoms in total. The lowest BCUT2D eigenvalue weighted by Crippen LogP contribution is -2.41. The fourth-order valence-electron chi connectivity index (χ4n) is 2.73. The van der Waals surface area contributed by atoms with Gasteiger partial charge in [-0.2, -0.15) is 0 Å². The van der Waals surface area contributed by atoms with Crippen LogP contribution in [-0.4, -0.2) is 24.3 Å². The molecule has 3 N–H and O–H groups in total. The fourth-order valence-corrected chi connectivity index (χ4v) is 2.73. The molecule has 0 aliphatic carbocycles. The summed E-state index contributed by atoms with van der Waals surface area (Å²) in [5.74, 6) is 0.246. The van der Waals surface area contributed by atoms with E-state index in [1.165, 1.54) is 12.5 Å². The van der Waals surface area contributed by atoms with Crippen molar-refractivity contribution in [2.45, 2.75) is 65.3 Å². The first-order valence-electron chi connectivity index (χ1n) is 8.94. The summed E-state index contributed by atoms with van der Waals surface area (Å²) in [4.78, 5) is 24.2. The topological polar surface area (TPSA) is 72.2 Å². The van der Waals surface area contributed by atoms with Crippen molar-refractivity contribution in [3.63, 3.8) is 0 Å². The van der Waals surface area contributed by atoms with E-state index < -0.39 is 6.04 Å². The first-order valence-corrected chi connectivity index (χ1v) is 8.94. The maximum atomic E-state index is 12.5. The van der Waals surface area contributed by atoms with E-state index in [1.54, 1.807) is 0 Å². The normalized spacial score (nSPS) is 13.6. The van der Waals surface area contributed by atoms with Gasteiger partial charge in [-0.3, -0.25) is 9.59 Å². The first kappa shape index (κ1) is 20.4. The molecule has 0 fully saturated rings. The van der Waals surface area contributed by atoms with Crippen LogP contribution in [0.5, 0.6) is 0 Å². The number of rotatable bonds is 10.